The van der Waals surface area contributed by atoms with E-state index in [1.807, 2.05) is 18.9 Å². The van der Waals surface area contributed by atoms with Crippen LogP contribution in [0.25, 0.3) is 0 Å². The number of rotatable bonds is 5. The van der Waals surface area contributed by atoms with Crippen molar-refractivity contribution in [2.45, 2.75) is 13.5 Å². The van der Waals surface area contributed by atoms with Gasteiger partial charge in [0.1, 0.15) is 5.82 Å². The molecule has 0 fully saturated rings. The van der Waals surface area contributed by atoms with Crippen LogP contribution in [0.5, 0.6) is 0 Å². The summed E-state index contributed by atoms with van der Waals surface area (Å²) in [6, 6.07) is 4.91. The molecule has 1 atom stereocenters. The molecule has 1 aromatic rings. The molecule has 0 aromatic heterocycles. The first-order chi connectivity index (χ1) is 8.43. The van der Waals surface area contributed by atoms with Gasteiger partial charge in [-0.2, -0.15) is 0 Å². The largest absolute Gasteiger partial charge is 0.469 e. The summed E-state index contributed by atoms with van der Waals surface area (Å²) in [5, 5.41) is 0. The highest BCUT2D eigenvalue weighted by molar-refractivity contribution is 9.10. The normalized spacial score (nSPS) is 12.6. The lowest BCUT2D eigenvalue weighted by atomic mass is 10.1. The van der Waals surface area contributed by atoms with Gasteiger partial charge in [-0.25, -0.2) is 4.39 Å². The van der Waals surface area contributed by atoms with Crippen molar-refractivity contribution in [1.82, 2.24) is 4.90 Å². The summed E-state index contributed by atoms with van der Waals surface area (Å²) in [6.07, 6.45) is 0. The number of hydrogen-bond acceptors (Lipinski definition) is 3. The van der Waals surface area contributed by atoms with Crippen molar-refractivity contribution in [1.29, 1.82) is 0 Å². The third kappa shape index (κ3) is 4.38. The average molecular weight is 318 g/mol. The Morgan fingerprint density at radius 2 is 2.22 bits per heavy atom. The van der Waals surface area contributed by atoms with E-state index in [1.165, 1.54) is 13.2 Å². The molecule has 0 aliphatic carbocycles. The zero-order valence-corrected chi connectivity index (χ0v) is 12.3. The van der Waals surface area contributed by atoms with Gasteiger partial charge in [-0.15, -0.1) is 0 Å². The number of ether oxygens (including phenoxy) is 1. The minimum absolute atomic E-state index is 0.177. The third-order valence-corrected chi connectivity index (χ3v) is 3.23. The van der Waals surface area contributed by atoms with Crippen molar-refractivity contribution < 1.29 is 13.9 Å². The van der Waals surface area contributed by atoms with Gasteiger partial charge in [0.15, 0.2) is 0 Å². The molecule has 0 spiro atoms. The van der Waals surface area contributed by atoms with Crippen LogP contribution in [0.2, 0.25) is 0 Å². The SMILES string of the molecule is COC(=O)C(C)CN(C)Cc1ccc(F)c(Br)c1. The van der Waals surface area contributed by atoms with E-state index in [4.69, 9.17) is 0 Å². The topological polar surface area (TPSA) is 29.5 Å². The first-order valence-corrected chi connectivity index (χ1v) is 6.43. The monoisotopic (exact) mass is 317 g/mol. The number of nitrogens with zero attached hydrogens (tertiary/aromatic N) is 1. The maximum absolute atomic E-state index is 13.1. The Hall–Kier alpha value is -0.940. The summed E-state index contributed by atoms with van der Waals surface area (Å²) >= 11 is 3.15. The fraction of sp³-hybridized carbons (Fsp3) is 0.462. The Balaban J connectivity index is 2.56. The summed E-state index contributed by atoms with van der Waals surface area (Å²) in [5.41, 5.74) is 0.989. The zero-order chi connectivity index (χ0) is 13.7. The van der Waals surface area contributed by atoms with Crippen LogP contribution in [0, 0.1) is 11.7 Å². The summed E-state index contributed by atoms with van der Waals surface area (Å²) in [6.45, 7) is 3.07. The van der Waals surface area contributed by atoms with E-state index < -0.39 is 0 Å². The van der Waals surface area contributed by atoms with E-state index in [-0.39, 0.29) is 17.7 Å². The Bertz CT molecular complexity index is 425. The van der Waals surface area contributed by atoms with Crippen LogP contribution in [0.15, 0.2) is 22.7 Å². The molecule has 0 bridgehead atoms. The molecule has 0 radical (unpaired) electrons. The molecule has 0 aliphatic rings. The minimum Gasteiger partial charge on any atom is -0.469 e. The molecule has 1 rings (SSSR count). The van der Waals surface area contributed by atoms with Gasteiger partial charge in [-0.3, -0.25) is 4.79 Å². The predicted octanol–water partition coefficient (Wildman–Crippen LogP) is 2.83. The van der Waals surface area contributed by atoms with Crippen molar-refractivity contribution in [3.05, 3.63) is 34.1 Å². The van der Waals surface area contributed by atoms with Crippen LogP contribution < -0.4 is 0 Å². The highest BCUT2D eigenvalue weighted by atomic mass is 79.9. The van der Waals surface area contributed by atoms with Gasteiger partial charge in [0.2, 0.25) is 0 Å². The smallest absolute Gasteiger partial charge is 0.309 e. The highest BCUT2D eigenvalue weighted by Crippen LogP contribution is 2.18. The molecule has 0 aliphatic heterocycles. The fourth-order valence-corrected chi connectivity index (χ4v) is 2.18. The molecule has 3 nitrogen and oxygen atoms in total. The first-order valence-electron chi connectivity index (χ1n) is 5.64. The van der Waals surface area contributed by atoms with Gasteiger partial charge < -0.3 is 9.64 Å². The van der Waals surface area contributed by atoms with Crippen molar-refractivity contribution in [2.24, 2.45) is 5.92 Å². The van der Waals surface area contributed by atoms with Crippen LogP contribution in [-0.2, 0) is 16.1 Å². The van der Waals surface area contributed by atoms with E-state index >= 15 is 0 Å². The number of methoxy groups -OCH3 is 1. The maximum Gasteiger partial charge on any atom is 0.309 e. The molecule has 0 saturated carbocycles. The van der Waals surface area contributed by atoms with Crippen LogP contribution in [-0.4, -0.2) is 31.6 Å². The number of hydrogen-bond donors (Lipinski definition) is 0. The number of esters is 1. The molecule has 1 unspecified atom stereocenters. The Morgan fingerprint density at radius 3 is 2.78 bits per heavy atom. The Labute approximate surface area is 115 Å². The summed E-state index contributed by atoms with van der Waals surface area (Å²) in [5.74, 6) is -0.671. The predicted molar refractivity (Wildman–Crippen MR) is 71.6 cm³/mol. The standard InChI is InChI=1S/C13H17BrFNO2/c1-9(13(17)18-3)7-16(2)8-10-4-5-12(15)11(14)6-10/h4-6,9H,7-8H2,1-3H3. The van der Waals surface area contributed by atoms with Crippen molar-refractivity contribution >= 4 is 21.9 Å². The molecule has 0 N–H and O–H groups in total. The van der Waals surface area contributed by atoms with E-state index in [9.17, 15) is 9.18 Å². The van der Waals surface area contributed by atoms with Crippen molar-refractivity contribution in [3.8, 4) is 0 Å². The van der Waals surface area contributed by atoms with E-state index in [0.29, 0.717) is 17.6 Å². The second-order valence-electron chi connectivity index (χ2n) is 4.37. The second kappa shape index (κ2) is 6.85. The maximum atomic E-state index is 13.1. The molecule has 0 amide bonds. The summed E-state index contributed by atoms with van der Waals surface area (Å²) in [4.78, 5) is 13.3. The summed E-state index contributed by atoms with van der Waals surface area (Å²) in [7, 11) is 3.30. The quantitative estimate of drug-likeness (QED) is 0.782. The molecule has 100 valence electrons. The first kappa shape index (κ1) is 15.1. The van der Waals surface area contributed by atoms with Gasteiger partial charge in [0.25, 0.3) is 0 Å². The van der Waals surface area contributed by atoms with E-state index in [0.717, 1.165) is 5.56 Å². The van der Waals surface area contributed by atoms with Gasteiger partial charge in [0, 0.05) is 13.1 Å². The lowest BCUT2D eigenvalue weighted by Crippen LogP contribution is -2.29. The lowest BCUT2D eigenvalue weighted by Gasteiger charge is -2.20. The highest BCUT2D eigenvalue weighted by Gasteiger charge is 2.15. The van der Waals surface area contributed by atoms with Crippen LogP contribution in [0.1, 0.15) is 12.5 Å². The van der Waals surface area contributed by atoms with Gasteiger partial charge in [-0.1, -0.05) is 13.0 Å². The molecular formula is C13H17BrFNO2. The van der Waals surface area contributed by atoms with Gasteiger partial charge in [0.05, 0.1) is 17.5 Å². The van der Waals surface area contributed by atoms with Crippen molar-refractivity contribution in [2.75, 3.05) is 20.7 Å². The van der Waals surface area contributed by atoms with E-state index in [2.05, 4.69) is 20.7 Å². The minimum atomic E-state index is -0.274. The fourth-order valence-electron chi connectivity index (χ4n) is 1.76. The van der Waals surface area contributed by atoms with Crippen LogP contribution in [0.4, 0.5) is 4.39 Å². The van der Waals surface area contributed by atoms with Crippen LogP contribution in [0.3, 0.4) is 0 Å². The van der Waals surface area contributed by atoms with Crippen LogP contribution >= 0.6 is 15.9 Å². The molecule has 0 saturated heterocycles. The second-order valence-corrected chi connectivity index (χ2v) is 5.22. The Kier molecular flexibility index (Phi) is 5.75. The molecular weight excluding hydrogens is 301 g/mol. The summed E-state index contributed by atoms with van der Waals surface area (Å²) < 4.78 is 18.2. The van der Waals surface area contributed by atoms with E-state index in [1.54, 1.807) is 12.1 Å². The molecule has 0 heterocycles. The number of halogens is 2. The Morgan fingerprint density at radius 1 is 1.56 bits per heavy atom. The average Bonchev–Trinajstić information content (AvgIpc) is 2.32. The third-order valence-electron chi connectivity index (χ3n) is 2.63. The lowest BCUT2D eigenvalue weighted by molar-refractivity contribution is -0.145. The van der Waals surface area contributed by atoms with Gasteiger partial charge >= 0.3 is 5.97 Å². The molecule has 5 heteroatoms. The zero-order valence-electron chi connectivity index (χ0n) is 10.7. The number of carbonyl (C=O) groups is 1. The number of benzene rings is 1. The van der Waals surface area contributed by atoms with Gasteiger partial charge in [-0.05, 0) is 40.7 Å². The number of carbonyl (C=O) groups excluding carboxylic acids is 1. The van der Waals surface area contributed by atoms with Crippen molar-refractivity contribution in [3.63, 3.8) is 0 Å². The molecule has 18 heavy (non-hydrogen) atoms. The molecule has 1 aromatic carbocycles.